The highest BCUT2D eigenvalue weighted by molar-refractivity contribution is 5.92. The molecule has 0 aliphatic carbocycles. The van der Waals surface area contributed by atoms with Crippen LogP contribution in [0.3, 0.4) is 0 Å². The monoisotopic (exact) mass is 287 g/mol. The lowest BCUT2D eigenvalue weighted by Crippen LogP contribution is -2.14. The zero-order valence-corrected chi connectivity index (χ0v) is 12.7. The molecule has 1 amide bonds. The zero-order chi connectivity index (χ0) is 15.4. The minimum atomic E-state index is -0.0156. The van der Waals surface area contributed by atoms with Crippen LogP contribution in [0.5, 0.6) is 0 Å². The van der Waals surface area contributed by atoms with Crippen LogP contribution in [-0.2, 0) is 11.3 Å². The number of nitrogen functional groups attached to an aromatic ring is 1. The average molecular weight is 287 g/mol. The molecule has 0 aliphatic heterocycles. The van der Waals surface area contributed by atoms with Gasteiger partial charge in [-0.25, -0.2) is 4.98 Å². The number of aryl methyl sites for hydroxylation is 3. The molecule has 21 heavy (non-hydrogen) atoms. The van der Waals surface area contributed by atoms with Gasteiger partial charge in [0.25, 0.3) is 0 Å². The fourth-order valence-corrected chi connectivity index (χ4v) is 2.16. The van der Waals surface area contributed by atoms with Crippen LogP contribution in [0.15, 0.2) is 18.2 Å². The van der Waals surface area contributed by atoms with E-state index in [1.807, 2.05) is 43.7 Å². The third-order valence-electron chi connectivity index (χ3n) is 3.39. The van der Waals surface area contributed by atoms with Gasteiger partial charge in [0.2, 0.25) is 5.91 Å². The number of carbonyl (C=O) groups is 1. The van der Waals surface area contributed by atoms with Gasteiger partial charge in [0, 0.05) is 24.3 Å². The van der Waals surface area contributed by atoms with E-state index in [0.717, 1.165) is 29.3 Å². The number of amides is 1. The predicted octanol–water partition coefficient (Wildman–Crippen LogP) is 2.20. The molecule has 1 aromatic heterocycles. The van der Waals surface area contributed by atoms with Gasteiger partial charge >= 0.3 is 0 Å². The van der Waals surface area contributed by atoms with Gasteiger partial charge in [-0.2, -0.15) is 5.10 Å². The van der Waals surface area contributed by atoms with E-state index in [0.29, 0.717) is 18.7 Å². The molecule has 6 nitrogen and oxygen atoms in total. The fourth-order valence-electron chi connectivity index (χ4n) is 2.16. The molecule has 112 valence electrons. The molecular formula is C15H21N5O. The number of aromatic nitrogens is 3. The summed E-state index contributed by atoms with van der Waals surface area (Å²) in [5.41, 5.74) is 8.17. The molecule has 1 heterocycles. The molecule has 1 aromatic carbocycles. The maximum atomic E-state index is 12.0. The van der Waals surface area contributed by atoms with Crippen LogP contribution in [0, 0.1) is 20.8 Å². The SMILES string of the molecule is Cc1nc(C)n(CCCC(=O)Nc2cccc(N)c2C)n1. The van der Waals surface area contributed by atoms with Crippen molar-refractivity contribution in [3.63, 3.8) is 0 Å². The number of nitrogens with two attached hydrogens (primary N) is 1. The molecule has 0 saturated heterocycles. The second-order valence-electron chi connectivity index (χ2n) is 5.10. The van der Waals surface area contributed by atoms with Crippen molar-refractivity contribution in [3.8, 4) is 0 Å². The van der Waals surface area contributed by atoms with Crippen LogP contribution in [-0.4, -0.2) is 20.7 Å². The second kappa shape index (κ2) is 6.39. The number of nitrogens with zero attached hydrogens (tertiary/aromatic N) is 3. The van der Waals surface area contributed by atoms with Gasteiger partial charge in [-0.15, -0.1) is 0 Å². The first-order chi connectivity index (χ1) is 9.97. The standard InChI is InChI=1S/C15H21N5O/c1-10-13(16)6-4-7-14(10)18-15(21)8-5-9-20-12(3)17-11(2)19-20/h4,6-7H,5,8-9,16H2,1-3H3,(H,18,21). The predicted molar refractivity (Wildman–Crippen MR) is 83.0 cm³/mol. The Morgan fingerprint density at radius 1 is 1.33 bits per heavy atom. The summed E-state index contributed by atoms with van der Waals surface area (Å²) in [4.78, 5) is 16.2. The maximum absolute atomic E-state index is 12.0. The first-order valence-electron chi connectivity index (χ1n) is 7.00. The highest BCUT2D eigenvalue weighted by Gasteiger charge is 2.07. The van der Waals surface area contributed by atoms with E-state index in [4.69, 9.17) is 5.73 Å². The lowest BCUT2D eigenvalue weighted by Gasteiger charge is -2.10. The van der Waals surface area contributed by atoms with Gasteiger partial charge < -0.3 is 11.1 Å². The molecule has 0 bridgehead atoms. The summed E-state index contributed by atoms with van der Waals surface area (Å²) in [5, 5.41) is 7.17. The summed E-state index contributed by atoms with van der Waals surface area (Å²) in [5.74, 6) is 1.62. The highest BCUT2D eigenvalue weighted by atomic mass is 16.1. The van der Waals surface area contributed by atoms with Crippen molar-refractivity contribution in [2.45, 2.75) is 40.2 Å². The number of hydrogen-bond acceptors (Lipinski definition) is 4. The number of rotatable bonds is 5. The van der Waals surface area contributed by atoms with Crippen LogP contribution in [0.25, 0.3) is 0 Å². The third-order valence-corrected chi connectivity index (χ3v) is 3.39. The van der Waals surface area contributed by atoms with Crippen molar-refractivity contribution < 1.29 is 4.79 Å². The van der Waals surface area contributed by atoms with E-state index in [-0.39, 0.29) is 5.91 Å². The van der Waals surface area contributed by atoms with E-state index in [2.05, 4.69) is 15.4 Å². The molecule has 0 atom stereocenters. The van der Waals surface area contributed by atoms with E-state index in [1.54, 1.807) is 0 Å². The smallest absolute Gasteiger partial charge is 0.224 e. The Kier molecular flexibility index (Phi) is 4.57. The molecule has 0 unspecified atom stereocenters. The van der Waals surface area contributed by atoms with Crippen molar-refractivity contribution in [2.75, 3.05) is 11.1 Å². The second-order valence-corrected chi connectivity index (χ2v) is 5.10. The van der Waals surface area contributed by atoms with Crippen LogP contribution in [0.2, 0.25) is 0 Å². The fraction of sp³-hybridized carbons (Fsp3) is 0.400. The summed E-state index contributed by atoms with van der Waals surface area (Å²) in [6.07, 6.45) is 1.16. The van der Waals surface area contributed by atoms with Gasteiger partial charge in [-0.1, -0.05) is 6.07 Å². The molecule has 0 saturated carbocycles. The molecule has 3 N–H and O–H groups in total. The minimum absolute atomic E-state index is 0.0156. The number of hydrogen-bond donors (Lipinski definition) is 2. The minimum Gasteiger partial charge on any atom is -0.398 e. The van der Waals surface area contributed by atoms with Gasteiger partial charge in [0.15, 0.2) is 0 Å². The van der Waals surface area contributed by atoms with Crippen molar-refractivity contribution in [3.05, 3.63) is 35.4 Å². The van der Waals surface area contributed by atoms with Gasteiger partial charge in [0.05, 0.1) is 0 Å². The van der Waals surface area contributed by atoms with E-state index < -0.39 is 0 Å². The van der Waals surface area contributed by atoms with Crippen molar-refractivity contribution in [1.29, 1.82) is 0 Å². The molecule has 2 rings (SSSR count). The summed E-state index contributed by atoms with van der Waals surface area (Å²) >= 11 is 0. The number of carbonyl (C=O) groups excluding carboxylic acids is 1. The maximum Gasteiger partial charge on any atom is 0.224 e. The van der Waals surface area contributed by atoms with E-state index >= 15 is 0 Å². The number of benzene rings is 1. The van der Waals surface area contributed by atoms with Crippen molar-refractivity contribution in [1.82, 2.24) is 14.8 Å². The lowest BCUT2D eigenvalue weighted by molar-refractivity contribution is -0.116. The Morgan fingerprint density at radius 2 is 2.10 bits per heavy atom. The third kappa shape index (κ3) is 3.81. The zero-order valence-electron chi connectivity index (χ0n) is 12.7. The van der Waals surface area contributed by atoms with Crippen LogP contribution in [0.1, 0.15) is 30.1 Å². The first-order valence-corrected chi connectivity index (χ1v) is 7.00. The Morgan fingerprint density at radius 3 is 2.76 bits per heavy atom. The quantitative estimate of drug-likeness (QED) is 0.825. The molecule has 0 spiro atoms. The molecule has 0 radical (unpaired) electrons. The van der Waals surface area contributed by atoms with Crippen molar-refractivity contribution >= 4 is 17.3 Å². The summed E-state index contributed by atoms with van der Waals surface area (Å²) in [7, 11) is 0. The summed E-state index contributed by atoms with van der Waals surface area (Å²) < 4.78 is 1.83. The normalized spacial score (nSPS) is 10.6. The van der Waals surface area contributed by atoms with Gasteiger partial charge in [0.1, 0.15) is 11.6 Å². The number of nitrogens with one attached hydrogen (secondary N) is 1. The first kappa shape index (κ1) is 15.0. The Balaban J connectivity index is 1.85. The average Bonchev–Trinajstić information content (AvgIpc) is 2.73. The summed E-state index contributed by atoms with van der Waals surface area (Å²) in [6, 6.07) is 5.51. The van der Waals surface area contributed by atoms with Gasteiger partial charge in [-0.05, 0) is 44.9 Å². The lowest BCUT2D eigenvalue weighted by atomic mass is 10.1. The topological polar surface area (TPSA) is 85.8 Å². The molecule has 0 aliphatic rings. The Labute approximate surface area is 124 Å². The molecule has 2 aromatic rings. The van der Waals surface area contributed by atoms with E-state index in [1.165, 1.54) is 0 Å². The Hall–Kier alpha value is -2.37. The van der Waals surface area contributed by atoms with Crippen LogP contribution < -0.4 is 11.1 Å². The highest BCUT2D eigenvalue weighted by Crippen LogP contribution is 2.20. The van der Waals surface area contributed by atoms with Crippen molar-refractivity contribution in [2.24, 2.45) is 0 Å². The van der Waals surface area contributed by atoms with E-state index in [9.17, 15) is 4.79 Å². The largest absolute Gasteiger partial charge is 0.398 e. The molecule has 6 heteroatoms. The van der Waals surface area contributed by atoms with Crippen LogP contribution >= 0.6 is 0 Å². The molecular weight excluding hydrogens is 266 g/mol. The Bertz CT molecular complexity index is 648. The molecule has 0 fully saturated rings. The summed E-state index contributed by atoms with van der Waals surface area (Å²) in [6.45, 7) is 6.36. The van der Waals surface area contributed by atoms with Gasteiger partial charge in [-0.3, -0.25) is 9.48 Å². The van der Waals surface area contributed by atoms with Crippen LogP contribution in [0.4, 0.5) is 11.4 Å². The number of anilines is 2.